The Labute approximate surface area is 294 Å². The quantitative estimate of drug-likeness (QED) is 0.0694. The molecular formula is C39H38N3O4S3+. The van der Waals surface area contributed by atoms with Crippen LogP contribution >= 0.6 is 22.7 Å². The Morgan fingerprint density at radius 3 is 2.29 bits per heavy atom. The Hall–Kier alpha value is -4.61. The molecule has 49 heavy (non-hydrogen) atoms. The summed E-state index contributed by atoms with van der Waals surface area (Å²) in [7, 11) is -4.06. The van der Waals surface area contributed by atoms with E-state index in [1.165, 1.54) is 11.3 Å². The van der Waals surface area contributed by atoms with Crippen LogP contribution in [0.5, 0.6) is 0 Å². The maximum Gasteiger partial charge on any atom is 0.269 e. The minimum atomic E-state index is -4.06. The number of benzene rings is 3. The monoisotopic (exact) mass is 708 g/mol. The van der Waals surface area contributed by atoms with Crippen molar-refractivity contribution in [3.63, 3.8) is 0 Å². The van der Waals surface area contributed by atoms with Gasteiger partial charge in [-0.1, -0.05) is 90.2 Å². The fourth-order valence-electron chi connectivity index (χ4n) is 5.95. The van der Waals surface area contributed by atoms with Crippen molar-refractivity contribution < 1.29 is 17.5 Å². The fourth-order valence-corrected chi connectivity index (χ4v) is 8.84. The average Bonchev–Trinajstić information content (AvgIpc) is 3.62. The Morgan fingerprint density at radius 1 is 0.898 bits per heavy atom. The van der Waals surface area contributed by atoms with Crippen molar-refractivity contribution in [2.45, 2.75) is 32.9 Å². The van der Waals surface area contributed by atoms with E-state index in [1.807, 2.05) is 60.7 Å². The SMILES string of the molecule is C=CCn1c(=O)/c(=C\C=C2/C=CN(CC)c3ccccc32)s/c1=C\c1sc(-c2ccccc2)c(-c2ccccc2)[n+]1CCCCS(=O)(=O)O. The van der Waals surface area contributed by atoms with Gasteiger partial charge in [-0.15, -0.1) is 17.9 Å². The van der Waals surface area contributed by atoms with Gasteiger partial charge in [0, 0.05) is 42.5 Å². The van der Waals surface area contributed by atoms with Crippen LogP contribution in [-0.2, 0) is 23.2 Å². The Morgan fingerprint density at radius 2 is 1.59 bits per heavy atom. The number of nitrogens with zero attached hydrogens (tertiary/aromatic N) is 3. The number of thiazole rings is 2. The summed E-state index contributed by atoms with van der Waals surface area (Å²) in [5.74, 6) is -0.294. The van der Waals surface area contributed by atoms with Crippen LogP contribution in [0.2, 0.25) is 0 Å². The molecule has 10 heteroatoms. The zero-order valence-corrected chi connectivity index (χ0v) is 29.7. The molecule has 1 aliphatic rings. The first-order valence-corrected chi connectivity index (χ1v) is 19.4. The standard InChI is InChI=1S/C39H37N3O4S3/c1-3-24-42-36(47-34(39(42)43)22-21-29-23-26-40(4-2)33-20-12-11-19-32(29)33)28-35-41(25-13-14-27-49(44,45)46)37(30-15-7-5-8-16-30)38(48-35)31-17-9-6-10-18-31/h3,5-12,15-23,26,28H,1,4,13-14,24-25,27H2,2H3/p+1/b29-21+,34-22+. The minimum absolute atomic E-state index is 0.0842. The lowest BCUT2D eigenvalue weighted by atomic mass is 9.99. The van der Waals surface area contributed by atoms with Crippen LogP contribution in [-0.4, -0.2) is 29.8 Å². The number of unbranched alkanes of at least 4 members (excludes halogenated alkanes) is 1. The van der Waals surface area contributed by atoms with Gasteiger partial charge in [0.1, 0.15) is 9.54 Å². The number of rotatable bonds is 12. The largest absolute Gasteiger partial charge is 0.348 e. The van der Waals surface area contributed by atoms with Gasteiger partial charge in [-0.05, 0) is 54.8 Å². The van der Waals surface area contributed by atoms with E-state index in [9.17, 15) is 17.8 Å². The first-order chi connectivity index (χ1) is 23.8. The third-order valence-corrected chi connectivity index (χ3v) is 11.3. The number of anilines is 1. The van der Waals surface area contributed by atoms with Crippen LogP contribution in [0.15, 0.2) is 121 Å². The normalized spacial score (nSPS) is 14.5. The van der Waals surface area contributed by atoms with Gasteiger partial charge in [0.25, 0.3) is 20.7 Å². The summed E-state index contributed by atoms with van der Waals surface area (Å²) in [4.78, 5) is 17.1. The Bertz CT molecular complexity index is 2320. The highest BCUT2D eigenvalue weighted by Crippen LogP contribution is 2.36. The lowest BCUT2D eigenvalue weighted by molar-refractivity contribution is -0.683. The Kier molecular flexibility index (Phi) is 10.7. The van der Waals surface area contributed by atoms with Crippen LogP contribution in [0, 0.1) is 0 Å². The highest BCUT2D eigenvalue weighted by molar-refractivity contribution is 7.85. The van der Waals surface area contributed by atoms with Crippen LogP contribution in [0.4, 0.5) is 5.69 Å². The number of fused-ring (bicyclic) bond motifs is 1. The Balaban J connectivity index is 1.52. The van der Waals surface area contributed by atoms with E-state index < -0.39 is 10.1 Å². The van der Waals surface area contributed by atoms with Crippen LogP contribution in [0.3, 0.4) is 0 Å². The summed E-state index contributed by atoms with van der Waals surface area (Å²) in [6.07, 6.45) is 12.7. The molecule has 3 heterocycles. The van der Waals surface area contributed by atoms with E-state index in [1.54, 1.807) is 22.0 Å². The molecule has 250 valence electrons. The number of para-hydroxylation sites is 1. The smallest absolute Gasteiger partial charge is 0.269 e. The summed E-state index contributed by atoms with van der Waals surface area (Å²) in [5.41, 5.74) is 6.32. The van der Waals surface area contributed by atoms with Crippen LogP contribution in [0.1, 0.15) is 30.3 Å². The number of hydrogen-bond acceptors (Lipinski definition) is 6. The van der Waals surface area contributed by atoms with E-state index >= 15 is 0 Å². The molecule has 0 bridgehead atoms. The van der Waals surface area contributed by atoms with Gasteiger partial charge < -0.3 is 4.90 Å². The second-order valence-electron chi connectivity index (χ2n) is 11.6. The first kappa shape index (κ1) is 34.3. The number of hydrogen-bond donors (Lipinski definition) is 1. The number of allylic oxidation sites excluding steroid dienone is 4. The van der Waals surface area contributed by atoms with Crippen LogP contribution < -0.4 is 24.2 Å². The molecule has 0 saturated carbocycles. The van der Waals surface area contributed by atoms with E-state index in [0.717, 1.165) is 54.7 Å². The van der Waals surface area contributed by atoms with Gasteiger partial charge in [-0.3, -0.25) is 13.9 Å². The van der Waals surface area contributed by atoms with Crippen molar-refractivity contribution in [2.75, 3.05) is 17.2 Å². The van der Waals surface area contributed by atoms with Gasteiger partial charge in [0.05, 0.1) is 16.4 Å². The highest BCUT2D eigenvalue weighted by atomic mass is 32.2. The summed E-state index contributed by atoms with van der Waals surface area (Å²) in [6.45, 7) is 7.79. The highest BCUT2D eigenvalue weighted by Gasteiger charge is 2.28. The second kappa shape index (κ2) is 15.3. The lowest BCUT2D eigenvalue weighted by Gasteiger charge is -2.26. The average molecular weight is 709 g/mol. The maximum absolute atomic E-state index is 13.8. The molecule has 0 radical (unpaired) electrons. The molecule has 5 aromatic rings. The zero-order valence-electron chi connectivity index (χ0n) is 27.2. The molecule has 0 fully saturated rings. The molecule has 6 rings (SSSR count). The molecule has 2 aromatic heterocycles. The van der Waals surface area contributed by atoms with Gasteiger partial charge in [-0.2, -0.15) is 13.0 Å². The molecule has 0 atom stereocenters. The van der Waals surface area contributed by atoms with Crippen molar-refractivity contribution in [2.24, 2.45) is 0 Å². The van der Waals surface area contributed by atoms with Crippen molar-refractivity contribution in [3.05, 3.63) is 146 Å². The molecule has 0 unspecified atom stereocenters. The lowest BCUT2D eigenvalue weighted by Crippen LogP contribution is -2.38. The van der Waals surface area contributed by atoms with Crippen molar-refractivity contribution in [1.82, 2.24) is 4.57 Å². The molecule has 0 saturated heterocycles. The molecule has 0 amide bonds. The predicted octanol–water partition coefficient (Wildman–Crippen LogP) is 6.49. The van der Waals surface area contributed by atoms with Crippen LogP contribution in [0.25, 0.3) is 39.4 Å². The molecule has 0 spiro atoms. The van der Waals surface area contributed by atoms with Crippen molar-refractivity contribution in [1.29, 1.82) is 0 Å². The first-order valence-electron chi connectivity index (χ1n) is 16.2. The van der Waals surface area contributed by atoms with Crippen molar-refractivity contribution >= 4 is 56.2 Å². The van der Waals surface area contributed by atoms with Crippen molar-refractivity contribution in [3.8, 4) is 21.7 Å². The summed E-state index contributed by atoms with van der Waals surface area (Å²) < 4.78 is 37.7. The zero-order chi connectivity index (χ0) is 34.4. The molecular weight excluding hydrogens is 671 g/mol. The molecule has 0 aliphatic carbocycles. The van der Waals surface area contributed by atoms with Gasteiger partial charge in [0.2, 0.25) is 5.69 Å². The van der Waals surface area contributed by atoms with E-state index in [4.69, 9.17) is 0 Å². The maximum atomic E-state index is 13.8. The molecule has 7 nitrogen and oxygen atoms in total. The van der Waals surface area contributed by atoms with Gasteiger partial charge in [0.15, 0.2) is 6.54 Å². The number of aromatic nitrogens is 2. The summed E-state index contributed by atoms with van der Waals surface area (Å²) >= 11 is 3.07. The fraction of sp³-hybridized carbons (Fsp3) is 0.179. The molecule has 1 N–H and O–H groups in total. The van der Waals surface area contributed by atoms with E-state index in [0.29, 0.717) is 30.5 Å². The van der Waals surface area contributed by atoms with Gasteiger partial charge in [-0.25, -0.2) is 0 Å². The third-order valence-electron chi connectivity index (χ3n) is 8.28. The predicted molar refractivity (Wildman–Crippen MR) is 204 cm³/mol. The third kappa shape index (κ3) is 7.84. The molecule has 1 aliphatic heterocycles. The summed E-state index contributed by atoms with van der Waals surface area (Å²) in [6, 6.07) is 28.6. The van der Waals surface area contributed by atoms with E-state index in [-0.39, 0.29) is 11.3 Å². The minimum Gasteiger partial charge on any atom is -0.348 e. The topological polar surface area (TPSA) is 83.5 Å². The van der Waals surface area contributed by atoms with E-state index in [2.05, 4.69) is 77.7 Å². The summed E-state index contributed by atoms with van der Waals surface area (Å²) in [5, 5.41) is 0.928. The van der Waals surface area contributed by atoms with Gasteiger partial charge >= 0.3 is 0 Å². The molecule has 3 aromatic carbocycles. The second-order valence-corrected chi connectivity index (χ2v) is 15.2.